The van der Waals surface area contributed by atoms with Crippen LogP contribution in [0.2, 0.25) is 0 Å². The van der Waals surface area contributed by atoms with Crippen LogP contribution in [0.25, 0.3) is 0 Å². The van der Waals surface area contributed by atoms with Gasteiger partial charge in [0.05, 0.1) is 18.9 Å². The molecule has 1 aromatic heterocycles. The first kappa shape index (κ1) is 25.0. The van der Waals surface area contributed by atoms with E-state index in [1.165, 1.54) is 5.69 Å². The zero-order chi connectivity index (χ0) is 24.1. The molecule has 4 rings (SSSR count). The lowest BCUT2D eigenvalue weighted by molar-refractivity contribution is -0.133. The van der Waals surface area contributed by atoms with Crippen LogP contribution < -0.4 is 15.4 Å². The average Bonchev–Trinajstić information content (AvgIpc) is 2.82. The number of carbonyl (C=O) groups excluding carboxylic acids is 2. The van der Waals surface area contributed by atoms with Crippen molar-refractivity contribution in [2.45, 2.75) is 89.2 Å². The van der Waals surface area contributed by atoms with Crippen molar-refractivity contribution in [2.75, 3.05) is 20.8 Å². The molecule has 0 radical (unpaired) electrons. The number of amides is 2. The largest absolute Gasteiger partial charge is 0.495 e. The van der Waals surface area contributed by atoms with Gasteiger partial charge >= 0.3 is 0 Å². The number of methoxy groups -OCH3 is 2. The molecule has 0 unspecified atom stereocenters. The number of hydrogen-bond acceptors (Lipinski definition) is 5. The zero-order valence-corrected chi connectivity index (χ0v) is 21.0. The second kappa shape index (κ2) is 11.5. The van der Waals surface area contributed by atoms with Gasteiger partial charge < -0.3 is 20.1 Å². The van der Waals surface area contributed by atoms with Gasteiger partial charge in [-0.3, -0.25) is 14.6 Å². The highest BCUT2D eigenvalue weighted by Crippen LogP contribution is 2.36. The molecule has 3 aliphatic rings. The quantitative estimate of drug-likeness (QED) is 0.600. The monoisotopic (exact) mass is 471 g/mol. The van der Waals surface area contributed by atoms with Gasteiger partial charge in [-0.1, -0.05) is 0 Å². The predicted molar refractivity (Wildman–Crippen MR) is 131 cm³/mol. The Kier molecular flexibility index (Phi) is 8.46. The molecule has 0 saturated heterocycles. The summed E-state index contributed by atoms with van der Waals surface area (Å²) in [7, 11) is 3.39. The number of ether oxygens (including phenoxy) is 2. The minimum atomic E-state index is 0.0811. The minimum absolute atomic E-state index is 0.0811. The summed E-state index contributed by atoms with van der Waals surface area (Å²) in [5.74, 6) is 2.44. The lowest BCUT2D eigenvalue weighted by atomic mass is 9.79. The molecule has 0 spiro atoms. The third-order valence-electron chi connectivity index (χ3n) is 8.35. The zero-order valence-electron chi connectivity index (χ0n) is 21.0. The van der Waals surface area contributed by atoms with Crippen molar-refractivity contribution in [2.24, 2.45) is 17.8 Å². The number of nitrogens with one attached hydrogen (secondary N) is 2. The van der Waals surface area contributed by atoms with E-state index in [1.807, 2.05) is 13.0 Å². The Labute approximate surface area is 203 Å². The summed E-state index contributed by atoms with van der Waals surface area (Å²) in [4.78, 5) is 29.9. The van der Waals surface area contributed by atoms with Crippen LogP contribution >= 0.6 is 0 Å². The van der Waals surface area contributed by atoms with E-state index in [4.69, 9.17) is 14.5 Å². The Morgan fingerprint density at radius 1 is 0.941 bits per heavy atom. The molecular weight excluding hydrogens is 430 g/mol. The normalized spacial score (nSPS) is 31.3. The Morgan fingerprint density at radius 2 is 1.65 bits per heavy atom. The van der Waals surface area contributed by atoms with Gasteiger partial charge in [-0.15, -0.1) is 0 Å². The fourth-order valence-corrected chi connectivity index (χ4v) is 5.85. The van der Waals surface area contributed by atoms with Gasteiger partial charge in [-0.05, 0) is 89.2 Å². The molecule has 1 heterocycles. The number of nitrogens with zero attached hydrogens (tertiary/aromatic N) is 1. The van der Waals surface area contributed by atoms with Crippen LogP contribution in [0.3, 0.4) is 0 Å². The van der Waals surface area contributed by atoms with Crippen molar-refractivity contribution >= 4 is 11.8 Å². The highest BCUT2D eigenvalue weighted by Gasteiger charge is 2.36. The van der Waals surface area contributed by atoms with E-state index in [9.17, 15) is 9.59 Å². The second-order valence-corrected chi connectivity index (χ2v) is 10.6. The smallest absolute Gasteiger partial charge is 0.223 e. The highest BCUT2D eigenvalue weighted by molar-refractivity contribution is 5.80. The Bertz CT molecular complexity index is 838. The molecule has 0 aliphatic heterocycles. The van der Waals surface area contributed by atoms with E-state index in [-0.39, 0.29) is 35.8 Å². The summed E-state index contributed by atoms with van der Waals surface area (Å²) >= 11 is 0. The van der Waals surface area contributed by atoms with Crippen molar-refractivity contribution in [1.29, 1.82) is 0 Å². The molecule has 3 saturated carbocycles. The first-order valence-corrected chi connectivity index (χ1v) is 13.1. The maximum absolute atomic E-state index is 12.8. The molecule has 2 N–H and O–H groups in total. The molecule has 0 aromatic carbocycles. The van der Waals surface area contributed by atoms with Gasteiger partial charge in [-0.25, -0.2) is 0 Å². The summed E-state index contributed by atoms with van der Waals surface area (Å²) in [6, 6.07) is 4.33. The topological polar surface area (TPSA) is 89.6 Å². The lowest BCUT2D eigenvalue weighted by Crippen LogP contribution is -2.47. The summed E-state index contributed by atoms with van der Waals surface area (Å²) in [6.07, 6.45) is 9.90. The van der Waals surface area contributed by atoms with Gasteiger partial charge in [0, 0.05) is 43.1 Å². The number of aryl methyl sites for hydroxylation is 1. The number of carbonyl (C=O) groups is 2. The van der Waals surface area contributed by atoms with E-state index in [0.717, 1.165) is 82.2 Å². The van der Waals surface area contributed by atoms with Crippen LogP contribution in [0.5, 0.6) is 5.75 Å². The van der Waals surface area contributed by atoms with Crippen molar-refractivity contribution in [3.05, 3.63) is 23.5 Å². The van der Waals surface area contributed by atoms with Crippen LogP contribution in [0.4, 0.5) is 0 Å². The third-order valence-corrected chi connectivity index (χ3v) is 8.35. The second-order valence-electron chi connectivity index (χ2n) is 10.6. The fraction of sp³-hybridized carbons (Fsp3) is 0.741. The highest BCUT2D eigenvalue weighted by atomic mass is 16.5. The molecule has 1 aromatic rings. The average molecular weight is 472 g/mol. The molecule has 3 aliphatic carbocycles. The van der Waals surface area contributed by atoms with Gasteiger partial charge in [0.25, 0.3) is 0 Å². The molecule has 7 heteroatoms. The standard InChI is InChI=1S/C27H41N3O4/c1-17-25(34-3)13-12-24(29-17)19-6-4-18(5-7-19)16-28-26(31)20-8-10-22(11-9-20)30-27(32)21-14-23(15-21)33-2/h12-13,18-23H,4-11,14-16H2,1-3H3,(H,28,31)(H,30,32)/t18-,19-,20?,21?,22?,23?. The van der Waals surface area contributed by atoms with E-state index in [0.29, 0.717) is 11.8 Å². The molecule has 0 atom stereocenters. The molecular formula is C27H41N3O4. The summed E-state index contributed by atoms with van der Waals surface area (Å²) in [5, 5.41) is 6.43. The lowest BCUT2D eigenvalue weighted by Gasteiger charge is -2.35. The molecule has 188 valence electrons. The Morgan fingerprint density at radius 3 is 2.26 bits per heavy atom. The molecule has 2 amide bonds. The van der Waals surface area contributed by atoms with Gasteiger partial charge in [0.2, 0.25) is 11.8 Å². The Balaban J connectivity index is 1.12. The number of aromatic nitrogens is 1. The minimum Gasteiger partial charge on any atom is -0.495 e. The van der Waals surface area contributed by atoms with Crippen LogP contribution in [0.15, 0.2) is 12.1 Å². The van der Waals surface area contributed by atoms with Gasteiger partial charge in [0.1, 0.15) is 5.75 Å². The van der Waals surface area contributed by atoms with Gasteiger partial charge in [0.15, 0.2) is 0 Å². The van der Waals surface area contributed by atoms with Crippen molar-refractivity contribution in [3.8, 4) is 5.75 Å². The van der Waals surface area contributed by atoms with E-state index < -0.39 is 0 Å². The summed E-state index contributed by atoms with van der Waals surface area (Å²) in [6.45, 7) is 2.77. The summed E-state index contributed by atoms with van der Waals surface area (Å²) < 4.78 is 10.6. The molecule has 34 heavy (non-hydrogen) atoms. The van der Waals surface area contributed by atoms with Gasteiger partial charge in [-0.2, -0.15) is 0 Å². The summed E-state index contributed by atoms with van der Waals surface area (Å²) in [5.41, 5.74) is 2.12. The Hall–Kier alpha value is -2.15. The molecule has 3 fully saturated rings. The maximum Gasteiger partial charge on any atom is 0.223 e. The number of rotatable bonds is 8. The molecule has 7 nitrogen and oxygen atoms in total. The first-order chi connectivity index (χ1) is 16.5. The van der Waals surface area contributed by atoms with Crippen LogP contribution in [0.1, 0.15) is 81.5 Å². The third kappa shape index (κ3) is 6.09. The maximum atomic E-state index is 12.8. The van der Waals surface area contributed by atoms with Crippen LogP contribution in [-0.4, -0.2) is 49.7 Å². The predicted octanol–water partition coefficient (Wildman–Crippen LogP) is 3.89. The van der Waals surface area contributed by atoms with Crippen molar-refractivity contribution in [3.63, 3.8) is 0 Å². The first-order valence-electron chi connectivity index (χ1n) is 13.1. The molecule has 0 bridgehead atoms. The fourth-order valence-electron chi connectivity index (χ4n) is 5.85. The van der Waals surface area contributed by atoms with E-state index >= 15 is 0 Å². The SMILES string of the molecule is COc1ccc([C@H]2CC[C@H](CNC(=O)C3CCC(NC(=O)C4CC(OC)C4)CC3)CC2)nc1C. The van der Waals surface area contributed by atoms with Crippen molar-refractivity contribution in [1.82, 2.24) is 15.6 Å². The number of hydrogen-bond donors (Lipinski definition) is 2. The van der Waals surface area contributed by atoms with E-state index in [1.54, 1.807) is 14.2 Å². The van der Waals surface area contributed by atoms with E-state index in [2.05, 4.69) is 16.7 Å². The van der Waals surface area contributed by atoms with Crippen LogP contribution in [-0.2, 0) is 14.3 Å². The van der Waals surface area contributed by atoms with Crippen molar-refractivity contribution < 1.29 is 19.1 Å². The number of pyridine rings is 1. The van der Waals surface area contributed by atoms with Crippen LogP contribution in [0, 0.1) is 24.7 Å².